The molecule has 0 aliphatic carbocycles. The van der Waals surface area contributed by atoms with Crippen molar-refractivity contribution >= 4 is 29.3 Å². The summed E-state index contributed by atoms with van der Waals surface area (Å²) in [6.07, 6.45) is 4.72. The highest BCUT2D eigenvalue weighted by molar-refractivity contribution is 6.31. The number of nitrogens with one attached hydrogen (secondary N) is 1. The van der Waals surface area contributed by atoms with Gasteiger partial charge in [0.15, 0.2) is 0 Å². The van der Waals surface area contributed by atoms with E-state index in [0.717, 1.165) is 56.8 Å². The Balaban J connectivity index is 1.19. The number of carbonyl (C=O) groups is 2. The standard InChI is InChI=1S/C26H31ClN4O3/c27-21-6-2-1-5-20(21)23(26(33)34)31-15-11-19(16-31)25(32)30-13-9-17(10-14-30)22-8-7-18-4-3-12-28-24(18)29-22/h1-2,5-8,17,19,23H,3-4,9-16H2,(H,28,29)(H,33,34). The van der Waals surface area contributed by atoms with Crippen LogP contribution in [0.1, 0.15) is 54.5 Å². The van der Waals surface area contributed by atoms with E-state index in [0.29, 0.717) is 36.0 Å². The molecule has 3 aliphatic heterocycles. The van der Waals surface area contributed by atoms with Gasteiger partial charge in [-0.2, -0.15) is 0 Å². The van der Waals surface area contributed by atoms with Crippen molar-refractivity contribution < 1.29 is 14.7 Å². The third kappa shape index (κ3) is 4.64. The first-order chi connectivity index (χ1) is 16.5. The molecule has 5 rings (SSSR count). The first-order valence-electron chi connectivity index (χ1n) is 12.2. The molecule has 2 fully saturated rings. The second kappa shape index (κ2) is 9.92. The number of hydrogen-bond acceptors (Lipinski definition) is 5. The quantitative estimate of drug-likeness (QED) is 0.671. The lowest BCUT2D eigenvalue weighted by Gasteiger charge is -2.34. The molecule has 7 nitrogen and oxygen atoms in total. The van der Waals surface area contributed by atoms with Gasteiger partial charge < -0.3 is 15.3 Å². The molecule has 34 heavy (non-hydrogen) atoms. The van der Waals surface area contributed by atoms with Crippen LogP contribution in [0.2, 0.25) is 5.02 Å². The van der Waals surface area contributed by atoms with Gasteiger partial charge in [-0.15, -0.1) is 0 Å². The summed E-state index contributed by atoms with van der Waals surface area (Å²) in [4.78, 5) is 34.1. The number of aryl methyl sites for hydroxylation is 1. The molecule has 180 valence electrons. The van der Waals surface area contributed by atoms with Crippen molar-refractivity contribution in [1.29, 1.82) is 0 Å². The largest absolute Gasteiger partial charge is 0.480 e. The number of hydrogen-bond donors (Lipinski definition) is 2. The average Bonchev–Trinajstić information content (AvgIpc) is 3.34. The monoisotopic (exact) mass is 482 g/mol. The molecule has 8 heteroatoms. The van der Waals surface area contributed by atoms with Crippen LogP contribution in [0.15, 0.2) is 36.4 Å². The zero-order valence-electron chi connectivity index (χ0n) is 19.3. The average molecular weight is 483 g/mol. The Kier molecular flexibility index (Phi) is 6.75. The molecule has 2 atom stereocenters. The molecule has 1 aromatic carbocycles. The van der Waals surface area contributed by atoms with Crippen molar-refractivity contribution in [3.8, 4) is 0 Å². The molecular formula is C26H31ClN4O3. The van der Waals surface area contributed by atoms with Gasteiger partial charge in [0.25, 0.3) is 0 Å². The summed E-state index contributed by atoms with van der Waals surface area (Å²) < 4.78 is 0. The van der Waals surface area contributed by atoms with Gasteiger partial charge in [0.05, 0.1) is 5.92 Å². The number of pyridine rings is 1. The Bertz CT molecular complexity index is 1070. The molecule has 1 aromatic heterocycles. The number of piperidine rings is 1. The third-order valence-electron chi connectivity index (χ3n) is 7.51. The van der Waals surface area contributed by atoms with Crippen LogP contribution in [0.25, 0.3) is 0 Å². The van der Waals surface area contributed by atoms with Crippen LogP contribution < -0.4 is 5.32 Å². The molecule has 0 bridgehead atoms. The molecule has 0 radical (unpaired) electrons. The first-order valence-corrected chi connectivity index (χ1v) is 12.6. The van der Waals surface area contributed by atoms with E-state index in [-0.39, 0.29) is 11.8 Å². The molecule has 3 aliphatic rings. The van der Waals surface area contributed by atoms with E-state index in [4.69, 9.17) is 16.6 Å². The van der Waals surface area contributed by atoms with Gasteiger partial charge in [0.2, 0.25) is 5.91 Å². The lowest BCUT2D eigenvalue weighted by atomic mass is 9.91. The molecule has 4 heterocycles. The fraction of sp³-hybridized carbons (Fsp3) is 0.500. The van der Waals surface area contributed by atoms with Crippen LogP contribution in [-0.4, -0.2) is 64.5 Å². The number of rotatable bonds is 5. The summed E-state index contributed by atoms with van der Waals surface area (Å²) in [7, 11) is 0. The minimum Gasteiger partial charge on any atom is -0.480 e. The number of benzene rings is 1. The van der Waals surface area contributed by atoms with E-state index >= 15 is 0 Å². The topological polar surface area (TPSA) is 85.8 Å². The van der Waals surface area contributed by atoms with Crippen LogP contribution in [0.5, 0.6) is 0 Å². The Morgan fingerprint density at radius 3 is 2.65 bits per heavy atom. The van der Waals surface area contributed by atoms with Crippen LogP contribution in [0.4, 0.5) is 5.82 Å². The molecule has 0 saturated carbocycles. The maximum Gasteiger partial charge on any atom is 0.325 e. The SMILES string of the molecule is O=C(O)C(c1ccccc1Cl)N1CCC(C(=O)N2CCC(c3ccc4c(n3)NCCC4)CC2)C1. The van der Waals surface area contributed by atoms with E-state index in [1.54, 1.807) is 24.3 Å². The zero-order chi connectivity index (χ0) is 23.7. The number of carboxylic acids is 1. The Labute approximate surface area is 205 Å². The molecule has 2 saturated heterocycles. The third-order valence-corrected chi connectivity index (χ3v) is 7.85. The number of likely N-dealkylation sites (tertiary alicyclic amines) is 2. The van der Waals surface area contributed by atoms with Crippen molar-refractivity contribution in [1.82, 2.24) is 14.8 Å². The van der Waals surface area contributed by atoms with E-state index in [1.807, 2.05) is 9.80 Å². The highest BCUT2D eigenvalue weighted by Crippen LogP contribution is 2.34. The molecule has 2 unspecified atom stereocenters. The van der Waals surface area contributed by atoms with Gasteiger partial charge in [0, 0.05) is 49.4 Å². The van der Waals surface area contributed by atoms with Crippen molar-refractivity contribution in [3.05, 3.63) is 58.2 Å². The lowest BCUT2D eigenvalue weighted by Crippen LogP contribution is -2.42. The number of carbonyl (C=O) groups excluding carboxylic acids is 1. The van der Waals surface area contributed by atoms with Crippen molar-refractivity contribution in [2.45, 2.75) is 44.1 Å². The molecular weight excluding hydrogens is 452 g/mol. The second-order valence-electron chi connectivity index (χ2n) is 9.62. The summed E-state index contributed by atoms with van der Waals surface area (Å²) >= 11 is 6.29. The Hall–Kier alpha value is -2.64. The lowest BCUT2D eigenvalue weighted by molar-refractivity contribution is -0.144. The maximum absolute atomic E-state index is 13.3. The van der Waals surface area contributed by atoms with Crippen LogP contribution in [0.3, 0.4) is 0 Å². The fourth-order valence-corrected chi connectivity index (χ4v) is 5.87. The maximum atomic E-state index is 13.3. The van der Waals surface area contributed by atoms with Gasteiger partial charge in [0.1, 0.15) is 11.9 Å². The predicted octanol–water partition coefficient (Wildman–Crippen LogP) is 3.95. The van der Waals surface area contributed by atoms with Crippen LogP contribution >= 0.6 is 11.6 Å². The van der Waals surface area contributed by atoms with Crippen LogP contribution in [-0.2, 0) is 16.0 Å². The summed E-state index contributed by atoms with van der Waals surface area (Å²) in [5.41, 5.74) is 3.00. The van der Waals surface area contributed by atoms with Gasteiger partial charge in [-0.3, -0.25) is 14.5 Å². The summed E-state index contributed by atoms with van der Waals surface area (Å²) in [6, 6.07) is 10.6. The van der Waals surface area contributed by atoms with E-state index in [1.165, 1.54) is 5.56 Å². The van der Waals surface area contributed by atoms with Crippen molar-refractivity contribution in [2.24, 2.45) is 5.92 Å². The summed E-state index contributed by atoms with van der Waals surface area (Å²) in [5.74, 6) is 0.430. The van der Waals surface area contributed by atoms with E-state index in [2.05, 4.69) is 17.4 Å². The number of anilines is 1. The van der Waals surface area contributed by atoms with Crippen LogP contribution in [0, 0.1) is 5.92 Å². The number of nitrogens with zero attached hydrogens (tertiary/aromatic N) is 3. The fourth-order valence-electron chi connectivity index (χ4n) is 5.63. The number of aliphatic carboxylic acids is 1. The number of fused-ring (bicyclic) bond motifs is 1. The smallest absolute Gasteiger partial charge is 0.325 e. The minimum atomic E-state index is -0.936. The number of amides is 1. The summed E-state index contributed by atoms with van der Waals surface area (Å²) in [5, 5.41) is 13.7. The number of aromatic nitrogens is 1. The van der Waals surface area contributed by atoms with Gasteiger partial charge in [-0.05, 0) is 55.4 Å². The summed E-state index contributed by atoms with van der Waals surface area (Å²) in [6.45, 7) is 3.44. The first kappa shape index (κ1) is 23.1. The van der Waals surface area contributed by atoms with Crippen molar-refractivity contribution in [2.75, 3.05) is 38.0 Å². The predicted molar refractivity (Wildman–Crippen MR) is 131 cm³/mol. The highest BCUT2D eigenvalue weighted by Gasteiger charge is 2.39. The zero-order valence-corrected chi connectivity index (χ0v) is 20.0. The van der Waals surface area contributed by atoms with Crippen molar-refractivity contribution in [3.63, 3.8) is 0 Å². The second-order valence-corrected chi connectivity index (χ2v) is 10.0. The highest BCUT2D eigenvalue weighted by atomic mass is 35.5. The van der Waals surface area contributed by atoms with E-state index in [9.17, 15) is 14.7 Å². The molecule has 2 N–H and O–H groups in total. The number of carboxylic acid groups (broad SMARTS) is 1. The Morgan fingerprint density at radius 2 is 1.88 bits per heavy atom. The molecule has 1 amide bonds. The van der Waals surface area contributed by atoms with Gasteiger partial charge in [-0.25, -0.2) is 4.98 Å². The van der Waals surface area contributed by atoms with Gasteiger partial charge in [-0.1, -0.05) is 35.9 Å². The minimum absolute atomic E-state index is 0.143. The van der Waals surface area contributed by atoms with E-state index < -0.39 is 12.0 Å². The van der Waals surface area contributed by atoms with Gasteiger partial charge >= 0.3 is 5.97 Å². The molecule has 0 spiro atoms. The Morgan fingerprint density at radius 1 is 1.09 bits per heavy atom. The molecule has 2 aromatic rings. The normalized spacial score (nSPS) is 22.1. The number of halogens is 1.